The highest BCUT2D eigenvalue weighted by Gasteiger charge is 2.38. The van der Waals surface area contributed by atoms with E-state index in [0.29, 0.717) is 26.5 Å². The first-order valence-corrected chi connectivity index (χ1v) is 10.9. The van der Waals surface area contributed by atoms with E-state index in [4.69, 9.17) is 17.3 Å². The molecule has 38 heavy (non-hydrogen) atoms. The zero-order valence-corrected chi connectivity index (χ0v) is 20.0. The van der Waals surface area contributed by atoms with Crippen LogP contribution in [0.4, 0.5) is 26.3 Å². The fourth-order valence-electron chi connectivity index (χ4n) is 3.35. The molecule has 0 aliphatic heterocycles. The van der Waals surface area contributed by atoms with Crippen molar-refractivity contribution in [2.24, 2.45) is 5.73 Å². The predicted octanol–water partition coefficient (Wildman–Crippen LogP) is 3.93. The number of hydrogen-bond donors (Lipinski definition) is 2. The van der Waals surface area contributed by atoms with Crippen LogP contribution in [0.1, 0.15) is 18.1 Å². The van der Waals surface area contributed by atoms with Crippen molar-refractivity contribution in [3.63, 3.8) is 0 Å². The highest BCUT2D eigenvalue weighted by Crippen LogP contribution is 2.32. The Morgan fingerprint density at radius 1 is 1.05 bits per heavy atom. The number of nitrogens with two attached hydrogens (primary N) is 1. The number of carbonyl (C=O) groups excluding carboxylic acids is 2. The molecule has 0 bridgehead atoms. The summed E-state index contributed by atoms with van der Waals surface area (Å²) in [7, 11) is 0. The zero-order valence-electron chi connectivity index (χ0n) is 19.3. The summed E-state index contributed by atoms with van der Waals surface area (Å²) in [6.07, 6.45) is -9.31. The van der Waals surface area contributed by atoms with E-state index in [1.165, 1.54) is 24.3 Å². The Kier molecular flexibility index (Phi) is 7.77. The van der Waals surface area contributed by atoms with Gasteiger partial charge in [-0.25, -0.2) is 14.0 Å². The molecule has 8 nitrogen and oxygen atoms in total. The maximum absolute atomic E-state index is 13.2. The van der Waals surface area contributed by atoms with Crippen LogP contribution >= 0.6 is 11.6 Å². The first kappa shape index (κ1) is 28.5. The lowest BCUT2D eigenvalue weighted by atomic mass is 9.89. The minimum Gasteiger partial charge on any atom is -0.367 e. The number of halogens is 7. The number of alkyl halides is 6. The smallest absolute Gasteiger partial charge is 0.367 e. The second-order valence-electron chi connectivity index (χ2n) is 8.11. The van der Waals surface area contributed by atoms with E-state index in [0.717, 1.165) is 25.1 Å². The first-order valence-electron chi connectivity index (χ1n) is 10.5. The van der Waals surface area contributed by atoms with Gasteiger partial charge in [-0.05, 0) is 48.9 Å². The monoisotopic (exact) mass is 561 g/mol. The number of rotatable bonds is 7. The average Bonchev–Trinajstić information content (AvgIpc) is 3.11. The molecule has 3 N–H and O–H groups in total. The molecule has 1 atom stereocenters. The van der Waals surface area contributed by atoms with Gasteiger partial charge in [-0.1, -0.05) is 23.7 Å². The highest BCUT2D eigenvalue weighted by atomic mass is 35.5. The molecule has 0 radical (unpaired) electrons. The quantitative estimate of drug-likeness (QED) is 0.426. The topological polar surface area (TPSA) is 112 Å². The fourth-order valence-corrected chi connectivity index (χ4v) is 3.48. The van der Waals surface area contributed by atoms with Crippen molar-refractivity contribution in [3.8, 4) is 11.4 Å². The van der Waals surface area contributed by atoms with Crippen molar-refractivity contribution >= 4 is 29.6 Å². The van der Waals surface area contributed by atoms with Crippen molar-refractivity contribution in [3.05, 3.63) is 81.2 Å². The molecule has 2 aromatic carbocycles. The molecule has 0 spiro atoms. The number of benzene rings is 2. The van der Waals surface area contributed by atoms with Crippen molar-refractivity contribution < 1.29 is 35.9 Å². The molecule has 1 aromatic heterocycles. The van der Waals surface area contributed by atoms with E-state index in [2.05, 4.69) is 10.4 Å². The van der Waals surface area contributed by atoms with E-state index >= 15 is 0 Å². The lowest BCUT2D eigenvalue weighted by molar-refractivity contribution is -0.138. The zero-order chi connectivity index (χ0) is 28.5. The molecule has 3 aromatic rings. The van der Waals surface area contributed by atoms with Crippen LogP contribution in [-0.4, -0.2) is 32.3 Å². The number of nitrogens with one attached hydrogen (secondary N) is 1. The summed E-state index contributed by atoms with van der Waals surface area (Å²) in [5.74, 6) is -2.56. The van der Waals surface area contributed by atoms with E-state index < -0.39 is 47.5 Å². The van der Waals surface area contributed by atoms with Crippen molar-refractivity contribution in [2.45, 2.75) is 31.4 Å². The molecular formula is C23H18ClF6N5O3. The lowest BCUT2D eigenvalue weighted by Crippen LogP contribution is -2.54. The molecule has 0 aliphatic rings. The molecule has 0 saturated heterocycles. The second-order valence-corrected chi connectivity index (χ2v) is 8.55. The molecule has 1 unspecified atom stereocenters. The largest absolute Gasteiger partial charge is 0.416 e. The Morgan fingerprint density at radius 2 is 1.66 bits per heavy atom. The van der Waals surface area contributed by atoms with Gasteiger partial charge in [0, 0.05) is 22.9 Å². The summed E-state index contributed by atoms with van der Waals surface area (Å²) in [6.45, 7) is 0.156. The third-order valence-electron chi connectivity index (χ3n) is 5.33. The van der Waals surface area contributed by atoms with Gasteiger partial charge in [-0.3, -0.25) is 9.59 Å². The van der Waals surface area contributed by atoms with Crippen LogP contribution in [0.15, 0.2) is 59.4 Å². The summed E-state index contributed by atoms with van der Waals surface area (Å²) in [4.78, 5) is 37.8. The standard InChI is InChI=1S/C23H18ClF6N5O3/c1-21(19(31)37,14-3-2-4-15(11-14)23(28,29)30)32-17(36)12-35-20(38)34(10-9-22(25,26)27)18(33-35)13-5-7-16(24)8-6-13/h2-11H,12H2,1H3,(H2,31,37)(H,32,36). The second kappa shape index (κ2) is 10.4. The number of carbonyl (C=O) groups is 2. The summed E-state index contributed by atoms with van der Waals surface area (Å²) in [5.41, 5.74) is 0.886. The van der Waals surface area contributed by atoms with Gasteiger partial charge >= 0.3 is 18.0 Å². The minimum absolute atomic E-state index is 0.184. The summed E-state index contributed by atoms with van der Waals surface area (Å²) in [5, 5.41) is 6.41. The summed E-state index contributed by atoms with van der Waals surface area (Å²) >= 11 is 5.83. The first-order chi connectivity index (χ1) is 17.5. The molecule has 202 valence electrons. The van der Waals surface area contributed by atoms with Gasteiger partial charge in [0.25, 0.3) is 0 Å². The number of aromatic nitrogens is 3. The maximum atomic E-state index is 13.2. The third kappa shape index (κ3) is 6.43. The van der Waals surface area contributed by atoms with Gasteiger partial charge in [0.2, 0.25) is 11.8 Å². The van der Waals surface area contributed by atoms with E-state index in [1.807, 2.05) is 0 Å². The number of amides is 2. The number of primary amides is 1. The maximum Gasteiger partial charge on any atom is 0.416 e. The highest BCUT2D eigenvalue weighted by molar-refractivity contribution is 6.30. The Morgan fingerprint density at radius 3 is 2.21 bits per heavy atom. The van der Waals surface area contributed by atoms with Gasteiger partial charge in [0.15, 0.2) is 5.82 Å². The minimum atomic E-state index is -4.77. The van der Waals surface area contributed by atoms with Crippen LogP contribution in [0.5, 0.6) is 0 Å². The number of nitrogens with zero attached hydrogens (tertiary/aromatic N) is 3. The number of hydrogen-bond acceptors (Lipinski definition) is 4. The molecule has 0 saturated carbocycles. The van der Waals surface area contributed by atoms with Gasteiger partial charge in [0.05, 0.1) is 5.56 Å². The van der Waals surface area contributed by atoms with Gasteiger partial charge < -0.3 is 11.1 Å². The molecular weight excluding hydrogens is 544 g/mol. The van der Waals surface area contributed by atoms with Crippen LogP contribution in [0.25, 0.3) is 17.6 Å². The van der Waals surface area contributed by atoms with Crippen LogP contribution in [0, 0.1) is 0 Å². The molecule has 2 amide bonds. The van der Waals surface area contributed by atoms with E-state index in [-0.39, 0.29) is 23.0 Å². The molecule has 15 heteroatoms. The molecule has 0 aliphatic carbocycles. The SMILES string of the molecule is CC(NC(=O)Cn1nc(-c2ccc(Cl)cc2)n(C=CC(F)(F)F)c1=O)(C(N)=O)c1cccc(C(F)(F)F)c1. The summed E-state index contributed by atoms with van der Waals surface area (Å²) < 4.78 is 78.9. The Balaban J connectivity index is 1.98. The lowest BCUT2D eigenvalue weighted by Gasteiger charge is -2.28. The van der Waals surface area contributed by atoms with Gasteiger partial charge in [-0.2, -0.15) is 26.3 Å². The van der Waals surface area contributed by atoms with Crippen LogP contribution in [0.2, 0.25) is 5.02 Å². The van der Waals surface area contributed by atoms with Crippen molar-refractivity contribution in [1.29, 1.82) is 0 Å². The normalized spacial score (nSPS) is 13.9. The van der Waals surface area contributed by atoms with Crippen LogP contribution < -0.4 is 16.7 Å². The predicted molar refractivity (Wildman–Crippen MR) is 124 cm³/mol. The number of allylic oxidation sites excluding steroid dienone is 1. The molecule has 1 heterocycles. The fraction of sp³-hybridized carbons (Fsp3) is 0.217. The van der Waals surface area contributed by atoms with Crippen LogP contribution in [-0.2, 0) is 27.8 Å². The average molecular weight is 562 g/mol. The van der Waals surface area contributed by atoms with E-state index in [1.54, 1.807) is 0 Å². The summed E-state index contributed by atoms with van der Waals surface area (Å²) in [6, 6.07) is 9.11. The third-order valence-corrected chi connectivity index (χ3v) is 5.58. The molecule has 3 rings (SSSR count). The molecule has 0 fully saturated rings. The van der Waals surface area contributed by atoms with E-state index in [9.17, 15) is 40.7 Å². The Hall–Kier alpha value is -4.07. The Labute approximate surface area is 215 Å². The van der Waals surface area contributed by atoms with Crippen LogP contribution in [0.3, 0.4) is 0 Å². The van der Waals surface area contributed by atoms with Crippen molar-refractivity contribution in [1.82, 2.24) is 19.7 Å². The van der Waals surface area contributed by atoms with Gasteiger partial charge in [-0.15, -0.1) is 5.10 Å². The van der Waals surface area contributed by atoms with Gasteiger partial charge in [0.1, 0.15) is 12.1 Å². The van der Waals surface area contributed by atoms with Crippen molar-refractivity contribution in [2.75, 3.05) is 0 Å². The Bertz CT molecular complexity index is 1440.